The van der Waals surface area contributed by atoms with Gasteiger partial charge in [0.05, 0.1) is 5.60 Å². The van der Waals surface area contributed by atoms with Crippen molar-refractivity contribution < 1.29 is 14.6 Å². The standard InChI is InChI=1S/C17H25NO3/c1-13-8-10-17(20,11-9-13)12-21-15-6-4-14(5-7-15)16(19)18(2)3/h4-7,13,20H,8-12H2,1-3H3. The first-order chi connectivity index (χ1) is 9.89. The number of aliphatic hydroxyl groups is 1. The van der Waals surface area contributed by atoms with Crippen LogP contribution in [0.4, 0.5) is 0 Å². The summed E-state index contributed by atoms with van der Waals surface area (Å²) in [6, 6.07) is 7.08. The summed E-state index contributed by atoms with van der Waals surface area (Å²) in [5.74, 6) is 1.36. The molecule has 0 aromatic heterocycles. The fraction of sp³-hybridized carbons (Fsp3) is 0.588. The summed E-state index contributed by atoms with van der Waals surface area (Å²) in [6.07, 6.45) is 3.70. The van der Waals surface area contributed by atoms with E-state index < -0.39 is 5.60 Å². The largest absolute Gasteiger partial charge is 0.491 e. The average Bonchev–Trinajstić information content (AvgIpc) is 2.48. The molecule has 2 rings (SSSR count). The monoisotopic (exact) mass is 291 g/mol. The van der Waals surface area contributed by atoms with Gasteiger partial charge in [0, 0.05) is 19.7 Å². The SMILES string of the molecule is CC1CCC(O)(COc2ccc(C(=O)N(C)C)cc2)CC1. The molecule has 1 amide bonds. The van der Waals surface area contributed by atoms with Gasteiger partial charge in [0.1, 0.15) is 12.4 Å². The van der Waals surface area contributed by atoms with Crippen molar-refractivity contribution in [2.45, 2.75) is 38.2 Å². The van der Waals surface area contributed by atoms with Crippen LogP contribution in [0.25, 0.3) is 0 Å². The highest BCUT2D eigenvalue weighted by atomic mass is 16.5. The van der Waals surface area contributed by atoms with Gasteiger partial charge >= 0.3 is 0 Å². The molecular weight excluding hydrogens is 266 g/mol. The Morgan fingerprint density at radius 3 is 2.38 bits per heavy atom. The molecule has 1 fully saturated rings. The minimum absolute atomic E-state index is 0.0264. The summed E-state index contributed by atoms with van der Waals surface area (Å²) in [4.78, 5) is 13.3. The normalized spacial score (nSPS) is 25.4. The summed E-state index contributed by atoms with van der Waals surface area (Å²) >= 11 is 0. The van der Waals surface area contributed by atoms with Crippen LogP contribution in [0, 0.1) is 5.92 Å². The zero-order valence-electron chi connectivity index (χ0n) is 13.1. The maximum absolute atomic E-state index is 11.8. The fourth-order valence-electron chi connectivity index (χ4n) is 2.61. The van der Waals surface area contributed by atoms with E-state index in [0.717, 1.165) is 25.7 Å². The summed E-state index contributed by atoms with van der Waals surface area (Å²) in [5.41, 5.74) is -0.0671. The third-order valence-corrected chi connectivity index (χ3v) is 4.22. The van der Waals surface area contributed by atoms with Gasteiger partial charge in [-0.15, -0.1) is 0 Å². The van der Waals surface area contributed by atoms with E-state index in [0.29, 0.717) is 23.8 Å². The van der Waals surface area contributed by atoms with Crippen LogP contribution < -0.4 is 4.74 Å². The maximum Gasteiger partial charge on any atom is 0.253 e. The van der Waals surface area contributed by atoms with Crippen molar-refractivity contribution in [3.05, 3.63) is 29.8 Å². The molecule has 1 aliphatic carbocycles. The molecule has 1 aromatic carbocycles. The number of carbonyl (C=O) groups is 1. The van der Waals surface area contributed by atoms with Crippen LogP contribution in [0.3, 0.4) is 0 Å². The molecule has 1 aromatic rings. The Labute approximate surface area is 126 Å². The van der Waals surface area contributed by atoms with Crippen LogP contribution in [0.15, 0.2) is 24.3 Å². The van der Waals surface area contributed by atoms with E-state index in [1.54, 1.807) is 43.3 Å². The molecule has 0 bridgehead atoms. The van der Waals surface area contributed by atoms with Gasteiger partial charge in [0.25, 0.3) is 5.91 Å². The lowest BCUT2D eigenvalue weighted by molar-refractivity contribution is -0.0424. The van der Waals surface area contributed by atoms with Crippen LogP contribution >= 0.6 is 0 Å². The Morgan fingerprint density at radius 1 is 1.29 bits per heavy atom. The van der Waals surface area contributed by atoms with E-state index >= 15 is 0 Å². The number of ether oxygens (including phenoxy) is 1. The molecule has 4 nitrogen and oxygen atoms in total. The third kappa shape index (κ3) is 4.21. The lowest BCUT2D eigenvalue weighted by Crippen LogP contribution is -2.39. The quantitative estimate of drug-likeness (QED) is 0.928. The van der Waals surface area contributed by atoms with E-state index in [1.807, 2.05) is 0 Å². The van der Waals surface area contributed by atoms with Crippen LogP contribution in [0.1, 0.15) is 43.0 Å². The van der Waals surface area contributed by atoms with Gasteiger partial charge in [-0.3, -0.25) is 4.79 Å². The topological polar surface area (TPSA) is 49.8 Å². The summed E-state index contributed by atoms with van der Waals surface area (Å²) in [5, 5.41) is 10.5. The predicted molar refractivity (Wildman–Crippen MR) is 82.5 cm³/mol. The Hall–Kier alpha value is -1.55. The third-order valence-electron chi connectivity index (χ3n) is 4.22. The van der Waals surface area contributed by atoms with Gasteiger partial charge in [-0.2, -0.15) is 0 Å². The first-order valence-electron chi connectivity index (χ1n) is 7.56. The first-order valence-corrected chi connectivity index (χ1v) is 7.56. The molecule has 1 N–H and O–H groups in total. The van der Waals surface area contributed by atoms with Crippen molar-refractivity contribution in [3.63, 3.8) is 0 Å². The second kappa shape index (κ2) is 6.48. The van der Waals surface area contributed by atoms with E-state index in [-0.39, 0.29) is 5.91 Å². The van der Waals surface area contributed by atoms with E-state index in [1.165, 1.54) is 0 Å². The zero-order valence-corrected chi connectivity index (χ0v) is 13.1. The van der Waals surface area contributed by atoms with Gasteiger partial charge in [0.15, 0.2) is 0 Å². The Bertz CT molecular complexity index is 473. The number of hydrogen-bond acceptors (Lipinski definition) is 3. The highest BCUT2D eigenvalue weighted by molar-refractivity contribution is 5.93. The molecule has 0 saturated heterocycles. The number of benzene rings is 1. The number of amides is 1. The molecule has 21 heavy (non-hydrogen) atoms. The second-order valence-corrected chi connectivity index (χ2v) is 6.42. The number of nitrogens with zero attached hydrogens (tertiary/aromatic N) is 1. The van der Waals surface area contributed by atoms with E-state index in [9.17, 15) is 9.90 Å². The van der Waals surface area contributed by atoms with Crippen molar-refractivity contribution in [2.75, 3.05) is 20.7 Å². The summed E-state index contributed by atoms with van der Waals surface area (Å²) in [7, 11) is 3.46. The van der Waals surface area contributed by atoms with Crippen molar-refractivity contribution in [2.24, 2.45) is 5.92 Å². The van der Waals surface area contributed by atoms with Gasteiger partial charge < -0.3 is 14.7 Å². The Kier molecular flexibility index (Phi) is 4.88. The lowest BCUT2D eigenvalue weighted by Gasteiger charge is -2.34. The molecule has 1 saturated carbocycles. The minimum Gasteiger partial charge on any atom is -0.491 e. The summed E-state index contributed by atoms with van der Waals surface area (Å²) < 4.78 is 5.70. The average molecular weight is 291 g/mol. The highest BCUT2D eigenvalue weighted by Gasteiger charge is 2.32. The minimum atomic E-state index is -0.704. The second-order valence-electron chi connectivity index (χ2n) is 6.42. The molecule has 1 aliphatic rings. The van der Waals surface area contributed by atoms with Gasteiger partial charge in [0.2, 0.25) is 0 Å². The van der Waals surface area contributed by atoms with Gasteiger partial charge in [-0.25, -0.2) is 0 Å². The van der Waals surface area contributed by atoms with Crippen LogP contribution in [0.2, 0.25) is 0 Å². The van der Waals surface area contributed by atoms with Crippen molar-refractivity contribution in [1.82, 2.24) is 4.90 Å². The number of carbonyl (C=O) groups excluding carboxylic acids is 1. The zero-order chi connectivity index (χ0) is 15.5. The molecule has 0 heterocycles. The fourth-order valence-corrected chi connectivity index (χ4v) is 2.61. The van der Waals surface area contributed by atoms with Gasteiger partial charge in [-0.1, -0.05) is 6.92 Å². The molecule has 0 aliphatic heterocycles. The lowest BCUT2D eigenvalue weighted by atomic mass is 9.80. The smallest absolute Gasteiger partial charge is 0.253 e. The van der Waals surface area contributed by atoms with E-state index in [4.69, 9.17) is 4.74 Å². The van der Waals surface area contributed by atoms with Gasteiger partial charge in [-0.05, 0) is 55.9 Å². The van der Waals surface area contributed by atoms with Crippen molar-refractivity contribution in [1.29, 1.82) is 0 Å². The first kappa shape index (κ1) is 15.8. The highest BCUT2D eigenvalue weighted by Crippen LogP contribution is 2.32. The number of hydrogen-bond donors (Lipinski definition) is 1. The molecule has 0 spiro atoms. The molecule has 116 valence electrons. The molecule has 0 atom stereocenters. The number of rotatable bonds is 4. The van der Waals surface area contributed by atoms with Crippen LogP contribution in [-0.4, -0.2) is 42.2 Å². The molecular formula is C17H25NO3. The van der Waals surface area contributed by atoms with Crippen LogP contribution in [0.5, 0.6) is 5.75 Å². The Balaban J connectivity index is 1.90. The van der Waals surface area contributed by atoms with Crippen LogP contribution in [-0.2, 0) is 0 Å². The predicted octanol–water partition coefficient (Wildman–Crippen LogP) is 2.71. The molecule has 4 heteroatoms. The molecule has 0 unspecified atom stereocenters. The van der Waals surface area contributed by atoms with Crippen molar-refractivity contribution >= 4 is 5.91 Å². The maximum atomic E-state index is 11.8. The molecule has 0 radical (unpaired) electrons. The van der Waals surface area contributed by atoms with E-state index in [2.05, 4.69) is 6.92 Å². The summed E-state index contributed by atoms with van der Waals surface area (Å²) in [6.45, 7) is 2.54. The van der Waals surface area contributed by atoms with Crippen molar-refractivity contribution in [3.8, 4) is 5.75 Å². The Morgan fingerprint density at radius 2 is 1.86 bits per heavy atom.